The normalized spacial score (nSPS) is 16.0. The summed E-state index contributed by atoms with van der Waals surface area (Å²) in [5.41, 5.74) is 0.0357. The second-order valence-corrected chi connectivity index (χ2v) is 7.74. The van der Waals surface area contributed by atoms with Gasteiger partial charge in [-0.05, 0) is 51.8 Å². The minimum Gasteiger partial charge on any atom is -0.242 e. The van der Waals surface area contributed by atoms with E-state index in [1.165, 1.54) is 13.0 Å². The van der Waals surface area contributed by atoms with Crippen LogP contribution in [0.3, 0.4) is 0 Å². The molecule has 0 aliphatic carbocycles. The number of hydrogen-bond acceptors (Lipinski definition) is 1. The minimum atomic E-state index is -4.37. The first-order valence-electron chi connectivity index (χ1n) is 6.29. The van der Waals surface area contributed by atoms with Crippen LogP contribution >= 0.6 is 0 Å². The molecule has 0 spiro atoms. The van der Waals surface area contributed by atoms with E-state index in [0.29, 0.717) is 5.56 Å². The summed E-state index contributed by atoms with van der Waals surface area (Å²) in [4.78, 5) is 0. The van der Waals surface area contributed by atoms with E-state index in [1.54, 1.807) is 13.0 Å². The highest BCUT2D eigenvalue weighted by Crippen LogP contribution is 2.34. The fourth-order valence-corrected chi connectivity index (χ4v) is 2.63. The highest BCUT2D eigenvalue weighted by molar-refractivity contribution is 7.84. The van der Waals surface area contributed by atoms with Gasteiger partial charge < -0.3 is 0 Å². The summed E-state index contributed by atoms with van der Waals surface area (Å²) < 4.78 is 53.0. The van der Waals surface area contributed by atoms with Gasteiger partial charge in [0.2, 0.25) is 0 Å². The van der Waals surface area contributed by atoms with Crippen molar-refractivity contribution in [3.8, 4) is 0 Å². The van der Waals surface area contributed by atoms with Gasteiger partial charge in [-0.1, -0.05) is 12.1 Å². The van der Waals surface area contributed by atoms with Gasteiger partial charge in [0.15, 0.2) is 0 Å². The molecule has 20 heavy (non-hydrogen) atoms. The van der Waals surface area contributed by atoms with Crippen molar-refractivity contribution in [1.29, 1.82) is 0 Å². The molecule has 0 unspecified atom stereocenters. The van der Waals surface area contributed by atoms with Crippen LogP contribution in [-0.2, 0) is 17.2 Å². The Morgan fingerprint density at radius 3 is 2.20 bits per heavy atom. The van der Waals surface area contributed by atoms with Crippen molar-refractivity contribution in [2.75, 3.05) is 0 Å². The third-order valence-corrected chi connectivity index (χ3v) is 4.67. The molecule has 0 fully saturated rings. The molecular formula is C14H20F3NOS. The molecule has 0 aliphatic heterocycles. The third kappa shape index (κ3) is 4.06. The molecule has 0 bridgehead atoms. The fraction of sp³-hybridized carbons (Fsp3) is 0.571. The van der Waals surface area contributed by atoms with Crippen LogP contribution in [0.25, 0.3) is 0 Å². The van der Waals surface area contributed by atoms with Gasteiger partial charge in [-0.2, -0.15) is 13.2 Å². The molecule has 1 N–H and O–H groups in total. The molecule has 0 aromatic heterocycles. The van der Waals surface area contributed by atoms with Crippen molar-refractivity contribution in [3.05, 3.63) is 34.9 Å². The Labute approximate surface area is 120 Å². The van der Waals surface area contributed by atoms with E-state index in [4.69, 9.17) is 0 Å². The summed E-state index contributed by atoms with van der Waals surface area (Å²) in [6.07, 6.45) is -4.37. The Hall–Kier alpha value is -0.880. The van der Waals surface area contributed by atoms with Gasteiger partial charge >= 0.3 is 6.18 Å². The van der Waals surface area contributed by atoms with Crippen molar-refractivity contribution in [2.45, 2.75) is 51.6 Å². The van der Waals surface area contributed by atoms with Gasteiger partial charge in [0.25, 0.3) is 0 Å². The Balaban J connectivity index is 3.07. The first-order chi connectivity index (χ1) is 8.94. The molecule has 0 aliphatic rings. The van der Waals surface area contributed by atoms with E-state index in [0.717, 1.165) is 6.07 Å². The molecule has 2 nitrogen and oxygen atoms in total. The van der Waals surface area contributed by atoms with Gasteiger partial charge in [0.1, 0.15) is 0 Å². The molecule has 0 saturated carbocycles. The average molecular weight is 307 g/mol. The van der Waals surface area contributed by atoms with Crippen LogP contribution in [0.1, 0.15) is 50.4 Å². The lowest BCUT2D eigenvalue weighted by Crippen LogP contribution is -2.35. The van der Waals surface area contributed by atoms with E-state index in [-0.39, 0.29) is 5.56 Å². The first kappa shape index (κ1) is 17.2. The number of halogens is 3. The van der Waals surface area contributed by atoms with Crippen LogP contribution < -0.4 is 4.72 Å². The molecule has 0 amide bonds. The van der Waals surface area contributed by atoms with Gasteiger partial charge in [0.05, 0.1) is 21.3 Å². The summed E-state index contributed by atoms with van der Waals surface area (Å²) in [5, 5.41) is 0. The third-order valence-electron chi connectivity index (χ3n) is 2.99. The van der Waals surface area contributed by atoms with Crippen molar-refractivity contribution in [3.63, 3.8) is 0 Å². The largest absolute Gasteiger partial charge is 0.416 e. The summed E-state index contributed by atoms with van der Waals surface area (Å²) in [6.45, 7) is 8.58. The summed E-state index contributed by atoms with van der Waals surface area (Å²) in [6, 6.07) is 3.65. The topological polar surface area (TPSA) is 29.1 Å². The minimum absolute atomic E-state index is 0.172. The highest BCUT2D eigenvalue weighted by atomic mass is 32.2. The van der Waals surface area contributed by atoms with Crippen LogP contribution in [0, 0.1) is 6.92 Å². The number of hydrogen-bond donors (Lipinski definition) is 1. The zero-order chi connectivity index (χ0) is 15.7. The SMILES string of the molecule is Cc1c([C@@H](C)N[S@@](=O)C(C)(C)C)cccc1C(F)(F)F. The van der Waals surface area contributed by atoms with Crippen molar-refractivity contribution in [2.24, 2.45) is 0 Å². The molecule has 0 heterocycles. The summed E-state index contributed by atoms with van der Waals surface area (Å²) in [5.74, 6) is 0. The summed E-state index contributed by atoms with van der Waals surface area (Å²) in [7, 11) is -1.34. The lowest BCUT2D eigenvalue weighted by molar-refractivity contribution is -0.138. The van der Waals surface area contributed by atoms with Gasteiger partial charge in [-0.25, -0.2) is 8.93 Å². The monoisotopic (exact) mass is 307 g/mol. The lowest BCUT2D eigenvalue weighted by Gasteiger charge is -2.24. The molecule has 1 aromatic carbocycles. The Morgan fingerprint density at radius 1 is 1.20 bits per heavy atom. The Kier molecular flexibility index (Phi) is 5.03. The molecule has 6 heteroatoms. The quantitative estimate of drug-likeness (QED) is 0.894. The van der Waals surface area contributed by atoms with E-state index in [9.17, 15) is 17.4 Å². The zero-order valence-corrected chi connectivity index (χ0v) is 13.1. The molecule has 0 saturated heterocycles. The molecule has 1 aromatic rings. The Bertz CT molecular complexity index is 506. The molecule has 114 valence electrons. The highest BCUT2D eigenvalue weighted by Gasteiger charge is 2.33. The number of rotatable bonds is 3. The second kappa shape index (κ2) is 5.85. The van der Waals surface area contributed by atoms with Crippen molar-refractivity contribution < 1.29 is 17.4 Å². The summed E-state index contributed by atoms with van der Waals surface area (Å²) >= 11 is 0. The maximum absolute atomic E-state index is 12.9. The second-order valence-electron chi connectivity index (χ2n) is 5.74. The Morgan fingerprint density at radius 2 is 1.75 bits per heavy atom. The van der Waals surface area contributed by atoms with Gasteiger partial charge in [-0.3, -0.25) is 0 Å². The number of alkyl halides is 3. The fourth-order valence-electron chi connectivity index (χ4n) is 1.83. The maximum atomic E-state index is 12.9. The predicted molar refractivity (Wildman–Crippen MR) is 75.6 cm³/mol. The van der Waals surface area contributed by atoms with E-state index in [2.05, 4.69) is 4.72 Å². The number of nitrogens with one attached hydrogen (secondary N) is 1. The van der Waals surface area contributed by atoms with Crippen LogP contribution in [0.5, 0.6) is 0 Å². The maximum Gasteiger partial charge on any atom is 0.416 e. The standard InChI is InChI=1S/C14H20F3NOS/c1-9-11(7-6-8-12(9)14(15,16)17)10(2)18-20(19)13(3,4)5/h6-8,10,18H,1-5H3/t10-,20+/m1/s1. The molecule has 0 radical (unpaired) electrons. The van der Waals surface area contributed by atoms with E-state index >= 15 is 0 Å². The molecule has 1 rings (SSSR count). The van der Waals surface area contributed by atoms with Crippen LogP contribution in [-0.4, -0.2) is 8.96 Å². The molecule has 2 atom stereocenters. The predicted octanol–water partition coefficient (Wildman–Crippen LogP) is 4.13. The van der Waals surface area contributed by atoms with Gasteiger partial charge in [0, 0.05) is 6.04 Å². The van der Waals surface area contributed by atoms with E-state index < -0.39 is 33.5 Å². The van der Waals surface area contributed by atoms with E-state index in [1.807, 2.05) is 20.8 Å². The van der Waals surface area contributed by atoms with Crippen molar-refractivity contribution >= 4 is 11.0 Å². The lowest BCUT2D eigenvalue weighted by atomic mass is 9.98. The van der Waals surface area contributed by atoms with Crippen LogP contribution in [0.15, 0.2) is 18.2 Å². The number of benzene rings is 1. The average Bonchev–Trinajstić information content (AvgIpc) is 2.26. The first-order valence-corrected chi connectivity index (χ1v) is 7.44. The zero-order valence-electron chi connectivity index (χ0n) is 12.3. The van der Waals surface area contributed by atoms with Gasteiger partial charge in [-0.15, -0.1) is 0 Å². The molecular weight excluding hydrogens is 287 g/mol. The smallest absolute Gasteiger partial charge is 0.242 e. The van der Waals surface area contributed by atoms with Crippen LogP contribution in [0.2, 0.25) is 0 Å². The van der Waals surface area contributed by atoms with Crippen molar-refractivity contribution in [1.82, 2.24) is 4.72 Å². The van der Waals surface area contributed by atoms with Crippen LogP contribution in [0.4, 0.5) is 13.2 Å².